The zero-order valence-electron chi connectivity index (χ0n) is 11.4. The normalized spacial score (nSPS) is 23.9. The average molecular weight is 259 g/mol. The number of methoxy groups -OCH3 is 1. The third-order valence-electron chi connectivity index (χ3n) is 3.06. The highest BCUT2D eigenvalue weighted by atomic mass is 16.6. The van der Waals surface area contributed by atoms with Gasteiger partial charge in [0.25, 0.3) is 0 Å². The minimum Gasteiger partial charge on any atom is -0.462 e. The van der Waals surface area contributed by atoms with E-state index in [2.05, 4.69) is 12.2 Å². The Labute approximate surface area is 109 Å². The number of ether oxygens (including phenoxy) is 3. The Morgan fingerprint density at radius 1 is 1.28 bits per heavy atom. The van der Waals surface area contributed by atoms with Crippen LogP contribution in [-0.2, 0) is 19.0 Å². The van der Waals surface area contributed by atoms with Crippen LogP contribution in [0.5, 0.6) is 0 Å². The molecule has 1 saturated heterocycles. The molecule has 0 spiro atoms. The van der Waals surface area contributed by atoms with Gasteiger partial charge in [-0.25, -0.2) is 0 Å². The molecule has 1 aliphatic rings. The van der Waals surface area contributed by atoms with Crippen LogP contribution in [0.25, 0.3) is 0 Å². The van der Waals surface area contributed by atoms with Crippen molar-refractivity contribution < 1.29 is 19.0 Å². The van der Waals surface area contributed by atoms with Crippen molar-refractivity contribution >= 4 is 5.97 Å². The van der Waals surface area contributed by atoms with E-state index in [4.69, 9.17) is 14.2 Å². The van der Waals surface area contributed by atoms with Gasteiger partial charge in [0.05, 0.1) is 6.61 Å². The number of esters is 1. The van der Waals surface area contributed by atoms with Gasteiger partial charge in [0.2, 0.25) is 0 Å². The maximum atomic E-state index is 11.7. The van der Waals surface area contributed by atoms with Crippen LogP contribution in [0.4, 0.5) is 0 Å². The van der Waals surface area contributed by atoms with E-state index < -0.39 is 0 Å². The van der Waals surface area contributed by atoms with Crippen molar-refractivity contribution in [1.29, 1.82) is 0 Å². The van der Waals surface area contributed by atoms with Crippen molar-refractivity contribution in [1.82, 2.24) is 5.32 Å². The molecule has 0 aromatic carbocycles. The minimum atomic E-state index is -0.151. The quantitative estimate of drug-likeness (QED) is 0.520. The average Bonchev–Trinajstić information content (AvgIpc) is 2.37. The van der Waals surface area contributed by atoms with Crippen molar-refractivity contribution in [3.63, 3.8) is 0 Å². The number of hydrogen-bond acceptors (Lipinski definition) is 5. The summed E-state index contributed by atoms with van der Waals surface area (Å²) in [6, 6.07) is -0.137. The first kappa shape index (κ1) is 15.4. The molecular weight excluding hydrogens is 234 g/mol. The lowest BCUT2D eigenvalue weighted by molar-refractivity contribution is -0.148. The largest absolute Gasteiger partial charge is 0.462 e. The van der Waals surface area contributed by atoms with Crippen LogP contribution in [0.15, 0.2) is 0 Å². The maximum absolute atomic E-state index is 11.7. The lowest BCUT2D eigenvalue weighted by Gasteiger charge is -2.26. The van der Waals surface area contributed by atoms with Gasteiger partial charge < -0.3 is 19.5 Å². The first-order valence-electron chi connectivity index (χ1n) is 6.70. The summed E-state index contributed by atoms with van der Waals surface area (Å²) < 4.78 is 15.4. The molecule has 0 amide bonds. The van der Waals surface area contributed by atoms with Gasteiger partial charge in [0, 0.05) is 20.3 Å². The SMILES string of the molecule is COCCCOCCOC(=O)C1CC(C)CCN1. The van der Waals surface area contributed by atoms with E-state index >= 15 is 0 Å². The summed E-state index contributed by atoms with van der Waals surface area (Å²) in [4.78, 5) is 11.7. The van der Waals surface area contributed by atoms with Crippen molar-refractivity contribution in [2.75, 3.05) is 40.1 Å². The molecule has 5 nitrogen and oxygen atoms in total. The zero-order chi connectivity index (χ0) is 13.2. The van der Waals surface area contributed by atoms with Crippen molar-refractivity contribution in [3.8, 4) is 0 Å². The summed E-state index contributed by atoms with van der Waals surface area (Å²) in [7, 11) is 1.67. The van der Waals surface area contributed by atoms with Crippen LogP contribution < -0.4 is 5.32 Å². The van der Waals surface area contributed by atoms with Gasteiger partial charge in [0.1, 0.15) is 12.6 Å². The highest BCUT2D eigenvalue weighted by molar-refractivity contribution is 5.75. The number of nitrogens with one attached hydrogen (secondary N) is 1. The van der Waals surface area contributed by atoms with Crippen LogP contribution in [-0.4, -0.2) is 52.1 Å². The fourth-order valence-corrected chi connectivity index (χ4v) is 2.00. The molecule has 0 aliphatic carbocycles. The zero-order valence-corrected chi connectivity index (χ0v) is 11.4. The van der Waals surface area contributed by atoms with E-state index in [0.717, 1.165) is 25.8 Å². The van der Waals surface area contributed by atoms with Gasteiger partial charge in [-0.05, 0) is 31.7 Å². The molecule has 5 heteroatoms. The fourth-order valence-electron chi connectivity index (χ4n) is 2.00. The number of carbonyl (C=O) groups excluding carboxylic acids is 1. The Kier molecular flexibility index (Phi) is 7.96. The Morgan fingerprint density at radius 2 is 2.11 bits per heavy atom. The standard InChI is InChI=1S/C13H25NO4/c1-11-4-5-14-12(10-11)13(15)18-9-8-17-7-3-6-16-2/h11-12,14H,3-10H2,1-2H3. The molecule has 106 valence electrons. The molecule has 2 unspecified atom stereocenters. The van der Waals surface area contributed by atoms with E-state index in [1.165, 1.54) is 0 Å². The molecule has 2 atom stereocenters. The van der Waals surface area contributed by atoms with E-state index in [1.54, 1.807) is 7.11 Å². The second-order valence-corrected chi connectivity index (χ2v) is 4.76. The predicted octanol–water partition coefficient (Wildman–Crippen LogP) is 0.971. The molecule has 0 aromatic heterocycles. The minimum absolute atomic E-state index is 0.137. The van der Waals surface area contributed by atoms with Crippen LogP contribution >= 0.6 is 0 Å². The summed E-state index contributed by atoms with van der Waals surface area (Å²) in [5.74, 6) is 0.441. The smallest absolute Gasteiger partial charge is 0.323 e. The van der Waals surface area contributed by atoms with Crippen molar-refractivity contribution in [2.45, 2.75) is 32.2 Å². The lowest BCUT2D eigenvalue weighted by Crippen LogP contribution is -2.44. The van der Waals surface area contributed by atoms with Gasteiger partial charge in [-0.1, -0.05) is 6.92 Å². The molecule has 1 N–H and O–H groups in total. The number of carbonyl (C=O) groups is 1. The summed E-state index contributed by atoms with van der Waals surface area (Å²) in [5, 5.41) is 3.19. The van der Waals surface area contributed by atoms with Crippen molar-refractivity contribution in [2.24, 2.45) is 5.92 Å². The van der Waals surface area contributed by atoms with Gasteiger partial charge in [-0.15, -0.1) is 0 Å². The van der Waals surface area contributed by atoms with E-state index in [0.29, 0.717) is 32.3 Å². The molecule has 0 saturated carbocycles. The molecule has 18 heavy (non-hydrogen) atoms. The van der Waals surface area contributed by atoms with Gasteiger partial charge in [-0.2, -0.15) is 0 Å². The summed E-state index contributed by atoms with van der Waals surface area (Å²) in [6.45, 7) is 5.19. The number of rotatable bonds is 8. The summed E-state index contributed by atoms with van der Waals surface area (Å²) in [5.41, 5.74) is 0. The molecule has 1 fully saturated rings. The fraction of sp³-hybridized carbons (Fsp3) is 0.923. The third kappa shape index (κ3) is 6.33. The molecule has 1 aliphatic heterocycles. The predicted molar refractivity (Wildman–Crippen MR) is 68.5 cm³/mol. The maximum Gasteiger partial charge on any atom is 0.323 e. The molecular formula is C13H25NO4. The number of piperidine rings is 1. The summed E-state index contributed by atoms with van der Waals surface area (Å²) >= 11 is 0. The Morgan fingerprint density at radius 3 is 2.83 bits per heavy atom. The van der Waals surface area contributed by atoms with Crippen LogP contribution in [0, 0.1) is 5.92 Å². The Bertz CT molecular complexity index is 235. The van der Waals surface area contributed by atoms with Gasteiger partial charge in [-0.3, -0.25) is 4.79 Å². The second kappa shape index (κ2) is 9.30. The monoisotopic (exact) mass is 259 g/mol. The lowest BCUT2D eigenvalue weighted by atomic mass is 9.94. The molecule has 0 radical (unpaired) electrons. The molecule has 1 rings (SSSR count). The van der Waals surface area contributed by atoms with Gasteiger partial charge in [0.15, 0.2) is 0 Å². The number of hydrogen-bond donors (Lipinski definition) is 1. The first-order chi connectivity index (χ1) is 8.74. The second-order valence-electron chi connectivity index (χ2n) is 4.76. The topological polar surface area (TPSA) is 56.8 Å². The highest BCUT2D eigenvalue weighted by Crippen LogP contribution is 2.15. The first-order valence-corrected chi connectivity index (χ1v) is 6.70. The third-order valence-corrected chi connectivity index (χ3v) is 3.06. The molecule has 0 aromatic rings. The van der Waals surface area contributed by atoms with Crippen LogP contribution in [0.3, 0.4) is 0 Å². The highest BCUT2D eigenvalue weighted by Gasteiger charge is 2.25. The van der Waals surface area contributed by atoms with Crippen LogP contribution in [0.2, 0.25) is 0 Å². The molecule has 0 bridgehead atoms. The van der Waals surface area contributed by atoms with Crippen molar-refractivity contribution in [3.05, 3.63) is 0 Å². The van der Waals surface area contributed by atoms with Crippen LogP contribution in [0.1, 0.15) is 26.2 Å². The van der Waals surface area contributed by atoms with Gasteiger partial charge >= 0.3 is 5.97 Å². The van der Waals surface area contributed by atoms with E-state index in [9.17, 15) is 4.79 Å². The van der Waals surface area contributed by atoms with E-state index in [-0.39, 0.29) is 12.0 Å². The Hall–Kier alpha value is -0.650. The van der Waals surface area contributed by atoms with E-state index in [1.807, 2.05) is 0 Å². The Balaban J connectivity index is 1.99. The summed E-state index contributed by atoms with van der Waals surface area (Å²) in [6.07, 6.45) is 2.87. The molecule has 1 heterocycles.